The van der Waals surface area contributed by atoms with Gasteiger partial charge in [0.1, 0.15) is 0 Å². The van der Waals surface area contributed by atoms with E-state index >= 15 is 4.39 Å². The van der Waals surface area contributed by atoms with Gasteiger partial charge in [0.25, 0.3) is 5.91 Å². The molecule has 3 atom stereocenters. The highest BCUT2D eigenvalue weighted by Gasteiger charge is 2.46. The number of aliphatic hydroxyl groups is 1. The molecule has 1 heterocycles. The smallest absolute Gasteiger partial charge is 0.262 e. The summed E-state index contributed by atoms with van der Waals surface area (Å²) in [5.74, 6) is -0.665. The Bertz CT molecular complexity index is 768. The van der Waals surface area contributed by atoms with E-state index in [0.717, 1.165) is 5.56 Å². The highest BCUT2D eigenvalue weighted by Crippen LogP contribution is 2.42. The normalized spacial score (nSPS) is 23.6. The number of benzene rings is 1. The Morgan fingerprint density at radius 3 is 2.88 bits per heavy atom. The molecule has 1 aromatic carbocycles. The van der Waals surface area contributed by atoms with E-state index in [-0.39, 0.29) is 30.0 Å². The fourth-order valence-corrected chi connectivity index (χ4v) is 3.28. The molecule has 25 heavy (non-hydrogen) atoms. The molecule has 0 bridgehead atoms. The van der Waals surface area contributed by atoms with Crippen molar-refractivity contribution in [3.8, 4) is 0 Å². The molecule has 0 saturated heterocycles. The Hall–Kier alpha value is -1.98. The molecule has 2 aromatic rings. The average Bonchev–Trinajstić information content (AvgIpc) is 2.63. The number of hydrogen-bond acceptors (Lipinski definition) is 3. The van der Waals surface area contributed by atoms with Gasteiger partial charge in [-0.1, -0.05) is 36.7 Å². The molecule has 2 N–H and O–H groups in total. The van der Waals surface area contributed by atoms with Gasteiger partial charge in [-0.2, -0.15) is 0 Å². The van der Waals surface area contributed by atoms with Crippen molar-refractivity contribution in [1.29, 1.82) is 0 Å². The van der Waals surface area contributed by atoms with Crippen LogP contribution < -0.4 is 5.32 Å². The summed E-state index contributed by atoms with van der Waals surface area (Å²) in [4.78, 5) is 16.6. The predicted molar refractivity (Wildman–Crippen MR) is 94.1 cm³/mol. The van der Waals surface area contributed by atoms with Gasteiger partial charge in [0.05, 0.1) is 11.8 Å². The minimum absolute atomic E-state index is 0.0207. The van der Waals surface area contributed by atoms with E-state index in [1.54, 1.807) is 18.2 Å². The van der Waals surface area contributed by atoms with Crippen LogP contribution in [0, 0.1) is 0 Å². The van der Waals surface area contributed by atoms with E-state index in [4.69, 9.17) is 11.6 Å². The Morgan fingerprint density at radius 2 is 2.16 bits per heavy atom. The molecule has 4 nitrogen and oxygen atoms in total. The van der Waals surface area contributed by atoms with Gasteiger partial charge in [-0.15, -0.1) is 0 Å². The third-order valence-electron chi connectivity index (χ3n) is 4.71. The highest BCUT2D eigenvalue weighted by molar-refractivity contribution is 6.30. The molecule has 1 aromatic heterocycles. The molecule has 1 aliphatic rings. The van der Waals surface area contributed by atoms with Crippen molar-refractivity contribution >= 4 is 17.5 Å². The Labute approximate surface area is 151 Å². The molecule has 0 spiro atoms. The second-order valence-electron chi connectivity index (χ2n) is 6.45. The molecule has 0 aliphatic heterocycles. The summed E-state index contributed by atoms with van der Waals surface area (Å²) in [5.41, 5.74) is -0.746. The molecule has 0 fully saturated rings. The molecular weight excluding hydrogens is 343 g/mol. The van der Waals surface area contributed by atoms with E-state index < -0.39 is 17.7 Å². The largest absolute Gasteiger partial charge is 0.387 e. The topological polar surface area (TPSA) is 62.2 Å². The first kappa shape index (κ1) is 17.8. The maximum absolute atomic E-state index is 15.5. The third-order valence-corrected chi connectivity index (χ3v) is 4.96. The van der Waals surface area contributed by atoms with Crippen molar-refractivity contribution in [1.82, 2.24) is 10.3 Å². The number of amides is 1. The zero-order chi connectivity index (χ0) is 18.0. The number of nitrogens with one attached hydrogen (secondary N) is 1. The summed E-state index contributed by atoms with van der Waals surface area (Å²) in [6.45, 7) is 2.26. The quantitative estimate of drug-likeness (QED) is 0.872. The summed E-state index contributed by atoms with van der Waals surface area (Å²) in [5, 5.41) is 13.3. The van der Waals surface area contributed by atoms with Gasteiger partial charge < -0.3 is 10.4 Å². The summed E-state index contributed by atoms with van der Waals surface area (Å²) in [6.07, 6.45) is 0.768. The van der Waals surface area contributed by atoms with Crippen molar-refractivity contribution in [3.63, 3.8) is 0 Å². The molecule has 1 aliphatic carbocycles. The lowest BCUT2D eigenvalue weighted by atomic mass is 9.81. The minimum Gasteiger partial charge on any atom is -0.387 e. The zero-order valence-electron chi connectivity index (χ0n) is 13.9. The molecule has 1 amide bonds. The maximum Gasteiger partial charge on any atom is 0.262 e. The molecule has 0 saturated carbocycles. The SMILES string of the molecule is CC(CNC(=O)[C@]1(F)CC[C@H](O)c2ncccc21)c1ccc(Cl)cc1. The second-order valence-corrected chi connectivity index (χ2v) is 6.89. The Balaban J connectivity index is 1.73. The first-order valence-corrected chi connectivity index (χ1v) is 8.66. The molecule has 132 valence electrons. The molecule has 1 unspecified atom stereocenters. The number of rotatable bonds is 4. The van der Waals surface area contributed by atoms with Gasteiger partial charge in [0.2, 0.25) is 5.67 Å². The third kappa shape index (κ3) is 3.53. The lowest BCUT2D eigenvalue weighted by Gasteiger charge is -2.32. The fourth-order valence-electron chi connectivity index (χ4n) is 3.16. The Morgan fingerprint density at radius 1 is 1.44 bits per heavy atom. The van der Waals surface area contributed by atoms with Crippen LogP contribution in [0.1, 0.15) is 48.6 Å². The van der Waals surface area contributed by atoms with E-state index in [1.807, 2.05) is 19.1 Å². The molecular formula is C19H20ClFN2O2. The van der Waals surface area contributed by atoms with Gasteiger partial charge in [-0.05, 0) is 42.5 Å². The van der Waals surface area contributed by atoms with E-state index in [2.05, 4.69) is 10.3 Å². The van der Waals surface area contributed by atoms with Gasteiger partial charge in [-0.3, -0.25) is 9.78 Å². The Kier molecular flexibility index (Phi) is 5.06. The second kappa shape index (κ2) is 7.10. The minimum atomic E-state index is -2.16. The molecule has 6 heteroatoms. The zero-order valence-corrected chi connectivity index (χ0v) is 14.6. The van der Waals surface area contributed by atoms with Crippen molar-refractivity contribution in [2.24, 2.45) is 0 Å². The van der Waals surface area contributed by atoms with Gasteiger partial charge in [0.15, 0.2) is 0 Å². The number of carbonyl (C=O) groups excluding carboxylic acids is 1. The lowest BCUT2D eigenvalue weighted by molar-refractivity contribution is -0.135. The van der Waals surface area contributed by atoms with E-state index in [1.165, 1.54) is 12.3 Å². The standard InChI is InChI=1S/C19H20ClFN2O2/c1-12(13-4-6-14(20)7-5-13)11-23-18(25)19(21)9-8-16(24)17-15(19)3-2-10-22-17/h2-7,10,12,16,24H,8-9,11H2,1H3,(H,23,25)/t12?,16-,19-/m0/s1. The summed E-state index contributed by atoms with van der Waals surface area (Å²) >= 11 is 5.88. The van der Waals surface area contributed by atoms with Crippen molar-refractivity contribution in [2.45, 2.75) is 37.5 Å². The van der Waals surface area contributed by atoms with Crippen LogP contribution in [0.15, 0.2) is 42.6 Å². The first-order valence-electron chi connectivity index (χ1n) is 8.28. The number of fused-ring (bicyclic) bond motifs is 1. The van der Waals surface area contributed by atoms with Crippen LogP contribution in [-0.4, -0.2) is 22.5 Å². The number of pyridine rings is 1. The maximum atomic E-state index is 15.5. The molecule has 3 rings (SSSR count). The first-order chi connectivity index (χ1) is 11.9. The van der Waals surface area contributed by atoms with Gasteiger partial charge >= 0.3 is 0 Å². The lowest BCUT2D eigenvalue weighted by Crippen LogP contribution is -2.45. The number of nitrogens with zero attached hydrogens (tertiary/aromatic N) is 1. The van der Waals surface area contributed by atoms with Crippen LogP contribution in [0.4, 0.5) is 4.39 Å². The number of alkyl halides is 1. The number of aromatic nitrogens is 1. The number of aliphatic hydroxyl groups excluding tert-OH is 1. The number of halogens is 2. The molecule has 0 radical (unpaired) electrons. The fraction of sp³-hybridized carbons (Fsp3) is 0.368. The van der Waals surface area contributed by atoms with Crippen molar-refractivity contribution in [2.75, 3.05) is 6.54 Å². The van der Waals surface area contributed by atoms with E-state index in [0.29, 0.717) is 11.6 Å². The van der Waals surface area contributed by atoms with Crippen LogP contribution in [0.5, 0.6) is 0 Å². The highest BCUT2D eigenvalue weighted by atomic mass is 35.5. The van der Waals surface area contributed by atoms with Crippen molar-refractivity contribution < 1.29 is 14.3 Å². The van der Waals surface area contributed by atoms with E-state index in [9.17, 15) is 9.90 Å². The van der Waals surface area contributed by atoms with Gasteiger partial charge in [0, 0.05) is 23.3 Å². The van der Waals surface area contributed by atoms with Crippen molar-refractivity contribution in [3.05, 3.63) is 64.4 Å². The monoisotopic (exact) mass is 362 g/mol. The van der Waals surface area contributed by atoms with Crippen LogP contribution >= 0.6 is 11.6 Å². The summed E-state index contributed by atoms with van der Waals surface area (Å²) < 4.78 is 15.5. The number of hydrogen-bond donors (Lipinski definition) is 2. The summed E-state index contributed by atoms with van der Waals surface area (Å²) in [6, 6.07) is 10.5. The van der Waals surface area contributed by atoms with Crippen LogP contribution in [-0.2, 0) is 10.5 Å². The predicted octanol–water partition coefficient (Wildman–Crippen LogP) is 3.65. The summed E-state index contributed by atoms with van der Waals surface area (Å²) in [7, 11) is 0. The van der Waals surface area contributed by atoms with Crippen LogP contribution in [0.25, 0.3) is 0 Å². The van der Waals surface area contributed by atoms with Crippen LogP contribution in [0.2, 0.25) is 5.02 Å². The number of carbonyl (C=O) groups is 1. The van der Waals surface area contributed by atoms with Crippen LogP contribution in [0.3, 0.4) is 0 Å². The van der Waals surface area contributed by atoms with Gasteiger partial charge in [-0.25, -0.2) is 4.39 Å². The average molecular weight is 363 g/mol.